The minimum absolute atomic E-state index is 0.119. The monoisotopic (exact) mass is 236 g/mol. The van der Waals surface area contributed by atoms with E-state index in [1.165, 1.54) is 6.20 Å². The van der Waals surface area contributed by atoms with Crippen molar-refractivity contribution in [2.75, 3.05) is 6.61 Å². The SMILES string of the molecule is CC(C)C(CO)Cn1ccnc1C(F)(F)F. The molecule has 92 valence electrons. The van der Waals surface area contributed by atoms with Crippen molar-refractivity contribution in [2.24, 2.45) is 11.8 Å². The van der Waals surface area contributed by atoms with Crippen LogP contribution in [0.1, 0.15) is 19.7 Å². The Kier molecular flexibility index (Phi) is 3.96. The van der Waals surface area contributed by atoms with E-state index in [9.17, 15) is 13.2 Å². The molecule has 0 spiro atoms. The fourth-order valence-corrected chi connectivity index (χ4v) is 1.44. The van der Waals surface area contributed by atoms with Gasteiger partial charge in [-0.3, -0.25) is 0 Å². The smallest absolute Gasteiger partial charge is 0.396 e. The summed E-state index contributed by atoms with van der Waals surface area (Å²) in [6.07, 6.45) is -2.04. The fraction of sp³-hybridized carbons (Fsp3) is 0.700. The molecule has 0 aliphatic carbocycles. The number of nitrogens with zero attached hydrogens (tertiary/aromatic N) is 2. The molecule has 1 unspecified atom stereocenters. The first-order valence-electron chi connectivity index (χ1n) is 5.05. The lowest BCUT2D eigenvalue weighted by Gasteiger charge is -2.20. The zero-order chi connectivity index (χ0) is 12.3. The molecule has 0 fully saturated rings. The van der Waals surface area contributed by atoms with Crippen LogP contribution >= 0.6 is 0 Å². The summed E-state index contributed by atoms with van der Waals surface area (Å²) >= 11 is 0. The van der Waals surface area contributed by atoms with Gasteiger partial charge in [0.2, 0.25) is 5.82 Å². The molecular weight excluding hydrogens is 221 g/mol. The van der Waals surface area contributed by atoms with Gasteiger partial charge in [0.05, 0.1) is 0 Å². The predicted molar refractivity (Wildman–Crippen MR) is 52.6 cm³/mol. The van der Waals surface area contributed by atoms with E-state index in [4.69, 9.17) is 5.11 Å². The van der Waals surface area contributed by atoms with Gasteiger partial charge in [-0.25, -0.2) is 4.98 Å². The Morgan fingerprint density at radius 2 is 2.06 bits per heavy atom. The molecule has 0 saturated carbocycles. The summed E-state index contributed by atoms with van der Waals surface area (Å²) in [6.45, 7) is 3.73. The van der Waals surface area contributed by atoms with Crippen LogP contribution in [0, 0.1) is 11.8 Å². The second-order valence-corrected chi connectivity index (χ2v) is 4.09. The van der Waals surface area contributed by atoms with Crippen LogP contribution in [0.2, 0.25) is 0 Å². The third-order valence-electron chi connectivity index (χ3n) is 2.58. The Morgan fingerprint density at radius 1 is 1.44 bits per heavy atom. The van der Waals surface area contributed by atoms with E-state index in [-0.39, 0.29) is 25.0 Å². The number of aliphatic hydroxyl groups is 1. The van der Waals surface area contributed by atoms with E-state index in [2.05, 4.69) is 4.98 Å². The summed E-state index contributed by atoms with van der Waals surface area (Å²) in [5.41, 5.74) is 0. The van der Waals surface area contributed by atoms with E-state index in [1.54, 1.807) is 0 Å². The summed E-state index contributed by atoms with van der Waals surface area (Å²) in [4.78, 5) is 3.29. The van der Waals surface area contributed by atoms with Crippen LogP contribution in [0.15, 0.2) is 12.4 Å². The Morgan fingerprint density at radius 3 is 2.50 bits per heavy atom. The summed E-state index contributed by atoms with van der Waals surface area (Å²) in [6, 6.07) is 0. The van der Waals surface area contributed by atoms with Crippen molar-refractivity contribution in [3.63, 3.8) is 0 Å². The van der Waals surface area contributed by atoms with Gasteiger partial charge in [-0.15, -0.1) is 0 Å². The lowest BCUT2D eigenvalue weighted by molar-refractivity contribution is -0.147. The maximum absolute atomic E-state index is 12.5. The number of aliphatic hydroxyl groups excluding tert-OH is 1. The molecule has 0 bridgehead atoms. The van der Waals surface area contributed by atoms with Crippen LogP contribution in [0.3, 0.4) is 0 Å². The van der Waals surface area contributed by atoms with Gasteiger partial charge in [0.15, 0.2) is 0 Å². The van der Waals surface area contributed by atoms with Crippen molar-refractivity contribution in [3.05, 3.63) is 18.2 Å². The van der Waals surface area contributed by atoms with E-state index in [0.717, 1.165) is 10.8 Å². The minimum Gasteiger partial charge on any atom is -0.396 e. The molecule has 0 aromatic carbocycles. The lowest BCUT2D eigenvalue weighted by atomic mass is 9.97. The number of hydrogen-bond donors (Lipinski definition) is 1. The number of alkyl halides is 3. The van der Waals surface area contributed by atoms with Crippen molar-refractivity contribution >= 4 is 0 Å². The Hall–Kier alpha value is -1.04. The first-order valence-corrected chi connectivity index (χ1v) is 5.05. The van der Waals surface area contributed by atoms with Gasteiger partial charge in [-0.05, 0) is 5.92 Å². The van der Waals surface area contributed by atoms with Crippen molar-refractivity contribution in [2.45, 2.75) is 26.6 Å². The molecule has 16 heavy (non-hydrogen) atoms. The van der Waals surface area contributed by atoms with Crippen LogP contribution < -0.4 is 0 Å². The first-order chi connectivity index (χ1) is 7.36. The maximum Gasteiger partial charge on any atom is 0.449 e. The zero-order valence-electron chi connectivity index (χ0n) is 9.20. The predicted octanol–water partition coefficient (Wildman–Crippen LogP) is 2.17. The van der Waals surface area contributed by atoms with Crippen molar-refractivity contribution in [1.29, 1.82) is 0 Å². The van der Waals surface area contributed by atoms with Gasteiger partial charge in [0.25, 0.3) is 0 Å². The minimum atomic E-state index is -4.44. The highest BCUT2D eigenvalue weighted by Crippen LogP contribution is 2.28. The van der Waals surface area contributed by atoms with Crippen molar-refractivity contribution in [1.82, 2.24) is 9.55 Å². The van der Waals surface area contributed by atoms with Gasteiger partial charge in [-0.1, -0.05) is 13.8 Å². The van der Waals surface area contributed by atoms with Gasteiger partial charge >= 0.3 is 6.18 Å². The number of imidazole rings is 1. The van der Waals surface area contributed by atoms with E-state index >= 15 is 0 Å². The molecule has 3 nitrogen and oxygen atoms in total. The average molecular weight is 236 g/mol. The molecule has 0 amide bonds. The van der Waals surface area contributed by atoms with E-state index in [1.807, 2.05) is 13.8 Å². The van der Waals surface area contributed by atoms with Crippen molar-refractivity contribution in [3.8, 4) is 0 Å². The summed E-state index contributed by atoms with van der Waals surface area (Å²) in [5.74, 6) is -0.990. The molecule has 1 atom stereocenters. The Balaban J connectivity index is 2.85. The topological polar surface area (TPSA) is 38.0 Å². The maximum atomic E-state index is 12.5. The number of hydrogen-bond acceptors (Lipinski definition) is 2. The van der Waals surface area contributed by atoms with Crippen LogP contribution in [-0.2, 0) is 12.7 Å². The quantitative estimate of drug-likeness (QED) is 0.870. The standard InChI is InChI=1S/C10H15F3N2O/c1-7(2)8(6-16)5-15-4-3-14-9(15)10(11,12)13/h3-4,7-8,16H,5-6H2,1-2H3. The molecule has 1 heterocycles. The number of rotatable bonds is 4. The molecule has 1 aromatic rings. The van der Waals surface area contributed by atoms with Crippen LogP contribution in [0.4, 0.5) is 13.2 Å². The number of halogens is 3. The zero-order valence-corrected chi connectivity index (χ0v) is 9.20. The van der Waals surface area contributed by atoms with Gasteiger partial charge < -0.3 is 9.67 Å². The third kappa shape index (κ3) is 2.98. The van der Waals surface area contributed by atoms with E-state index < -0.39 is 12.0 Å². The van der Waals surface area contributed by atoms with Gasteiger partial charge in [0.1, 0.15) is 0 Å². The highest BCUT2D eigenvalue weighted by molar-refractivity contribution is 4.97. The second kappa shape index (κ2) is 4.86. The molecule has 0 aliphatic rings. The van der Waals surface area contributed by atoms with Crippen LogP contribution in [0.5, 0.6) is 0 Å². The largest absolute Gasteiger partial charge is 0.449 e. The summed E-state index contributed by atoms with van der Waals surface area (Å²) in [5, 5.41) is 9.07. The Bertz CT molecular complexity index is 333. The third-order valence-corrected chi connectivity index (χ3v) is 2.58. The number of aromatic nitrogens is 2. The lowest BCUT2D eigenvalue weighted by Crippen LogP contribution is -2.23. The molecule has 1 rings (SSSR count). The highest BCUT2D eigenvalue weighted by Gasteiger charge is 2.36. The molecular formula is C10H15F3N2O. The van der Waals surface area contributed by atoms with Crippen molar-refractivity contribution < 1.29 is 18.3 Å². The molecule has 0 aliphatic heterocycles. The van der Waals surface area contributed by atoms with E-state index in [0.29, 0.717) is 0 Å². The highest BCUT2D eigenvalue weighted by atomic mass is 19.4. The summed E-state index contributed by atoms with van der Waals surface area (Å²) < 4.78 is 38.5. The molecule has 1 aromatic heterocycles. The summed E-state index contributed by atoms with van der Waals surface area (Å²) in [7, 11) is 0. The average Bonchev–Trinajstić information content (AvgIpc) is 2.60. The normalized spacial score (nSPS) is 14.4. The molecule has 0 radical (unpaired) electrons. The van der Waals surface area contributed by atoms with Gasteiger partial charge in [-0.2, -0.15) is 13.2 Å². The fourth-order valence-electron chi connectivity index (χ4n) is 1.44. The Labute approximate surface area is 91.9 Å². The second-order valence-electron chi connectivity index (χ2n) is 4.09. The molecule has 0 saturated heterocycles. The first kappa shape index (κ1) is 13.0. The van der Waals surface area contributed by atoms with Crippen LogP contribution in [-0.4, -0.2) is 21.3 Å². The molecule has 6 heteroatoms. The van der Waals surface area contributed by atoms with Gasteiger partial charge in [0, 0.05) is 31.5 Å². The van der Waals surface area contributed by atoms with Crippen LogP contribution in [0.25, 0.3) is 0 Å². The molecule has 1 N–H and O–H groups in total.